The molecule has 5 aromatic carbocycles. The first kappa shape index (κ1) is 24.0. The predicted molar refractivity (Wildman–Crippen MR) is 160 cm³/mol. The van der Waals surface area contributed by atoms with E-state index in [2.05, 4.69) is 80.6 Å². The molecular weight excluding hydrogens is 490 g/mol. The largest absolute Gasteiger partial charge is 0.457 e. The van der Waals surface area contributed by atoms with E-state index in [9.17, 15) is 0 Å². The maximum absolute atomic E-state index is 6.39. The first-order valence-corrected chi connectivity index (χ1v) is 13.5. The second-order valence-electron chi connectivity index (χ2n) is 10.5. The molecule has 0 saturated heterocycles. The monoisotopic (exact) mass is 517 g/mol. The molecular formula is C36H27N3O. The van der Waals surface area contributed by atoms with E-state index < -0.39 is 0 Å². The SMILES string of the molecule is CC1(C)c2ccccc2Oc2cccc(-c3nc(-c4ccccc4)nc(-c4ccc(-c5ccccc5)cc4)n3)c21. The summed E-state index contributed by atoms with van der Waals surface area (Å²) in [4.78, 5) is 15.0. The zero-order chi connectivity index (χ0) is 27.1. The van der Waals surface area contributed by atoms with Gasteiger partial charge in [0.2, 0.25) is 0 Å². The molecule has 0 bridgehead atoms. The van der Waals surface area contributed by atoms with Crippen LogP contribution in [0.1, 0.15) is 25.0 Å². The molecule has 0 radical (unpaired) electrons. The van der Waals surface area contributed by atoms with Gasteiger partial charge in [0.25, 0.3) is 0 Å². The number of benzene rings is 5. The lowest BCUT2D eigenvalue weighted by molar-refractivity contribution is 0.418. The second kappa shape index (κ2) is 9.58. The Morgan fingerprint density at radius 2 is 0.950 bits per heavy atom. The fraction of sp³-hybridized carbons (Fsp3) is 0.0833. The highest BCUT2D eigenvalue weighted by Crippen LogP contribution is 2.50. The number of hydrogen-bond acceptors (Lipinski definition) is 4. The van der Waals surface area contributed by atoms with Crippen LogP contribution in [-0.4, -0.2) is 15.0 Å². The highest BCUT2D eigenvalue weighted by molar-refractivity contribution is 5.75. The van der Waals surface area contributed by atoms with Crippen molar-refractivity contribution < 1.29 is 4.74 Å². The average Bonchev–Trinajstić information content (AvgIpc) is 3.01. The smallest absolute Gasteiger partial charge is 0.164 e. The second-order valence-corrected chi connectivity index (χ2v) is 10.5. The molecule has 4 heteroatoms. The summed E-state index contributed by atoms with van der Waals surface area (Å²) in [6.45, 7) is 4.47. The maximum Gasteiger partial charge on any atom is 0.164 e. The molecule has 1 aromatic heterocycles. The zero-order valence-electron chi connectivity index (χ0n) is 22.4. The number of aromatic nitrogens is 3. The molecule has 0 aliphatic carbocycles. The van der Waals surface area contributed by atoms with E-state index in [1.165, 1.54) is 5.56 Å². The van der Waals surface area contributed by atoms with Gasteiger partial charge in [-0.05, 0) is 23.3 Å². The molecule has 6 aromatic rings. The molecule has 40 heavy (non-hydrogen) atoms. The van der Waals surface area contributed by atoms with Gasteiger partial charge in [0.1, 0.15) is 11.5 Å². The minimum atomic E-state index is -0.308. The third-order valence-corrected chi connectivity index (χ3v) is 7.59. The minimum absolute atomic E-state index is 0.308. The molecule has 1 aliphatic rings. The van der Waals surface area contributed by atoms with Crippen LogP contribution in [0.4, 0.5) is 0 Å². The summed E-state index contributed by atoms with van der Waals surface area (Å²) in [5, 5.41) is 0. The molecule has 4 nitrogen and oxygen atoms in total. The van der Waals surface area contributed by atoms with Crippen LogP contribution in [0.2, 0.25) is 0 Å². The van der Waals surface area contributed by atoms with Crippen molar-refractivity contribution in [1.29, 1.82) is 0 Å². The number of ether oxygens (including phenoxy) is 1. The number of nitrogens with zero attached hydrogens (tertiary/aromatic N) is 3. The molecule has 0 spiro atoms. The highest BCUT2D eigenvalue weighted by Gasteiger charge is 2.37. The number of fused-ring (bicyclic) bond motifs is 2. The molecule has 0 fully saturated rings. The Morgan fingerprint density at radius 1 is 0.450 bits per heavy atom. The van der Waals surface area contributed by atoms with E-state index in [0.29, 0.717) is 17.5 Å². The lowest BCUT2D eigenvalue weighted by atomic mass is 9.73. The van der Waals surface area contributed by atoms with Crippen molar-refractivity contribution in [3.05, 3.63) is 139 Å². The molecule has 0 N–H and O–H groups in total. The predicted octanol–water partition coefficient (Wildman–Crippen LogP) is 8.97. The quantitative estimate of drug-likeness (QED) is 0.234. The van der Waals surface area contributed by atoms with Gasteiger partial charge in [-0.15, -0.1) is 0 Å². The molecule has 0 saturated carbocycles. The maximum atomic E-state index is 6.39. The van der Waals surface area contributed by atoms with Crippen LogP contribution in [0.3, 0.4) is 0 Å². The van der Waals surface area contributed by atoms with Crippen molar-refractivity contribution in [2.75, 3.05) is 0 Å². The average molecular weight is 518 g/mol. The van der Waals surface area contributed by atoms with Gasteiger partial charge in [-0.2, -0.15) is 0 Å². The number of rotatable bonds is 4. The Balaban J connectivity index is 1.40. The van der Waals surface area contributed by atoms with Gasteiger partial charge in [0.15, 0.2) is 17.5 Å². The fourth-order valence-corrected chi connectivity index (χ4v) is 5.56. The topological polar surface area (TPSA) is 47.9 Å². The summed E-state index contributed by atoms with van der Waals surface area (Å²) in [7, 11) is 0. The normalized spacial score (nSPS) is 13.2. The van der Waals surface area contributed by atoms with Crippen LogP contribution in [0.5, 0.6) is 11.5 Å². The summed E-state index contributed by atoms with van der Waals surface area (Å²) in [5.74, 6) is 3.62. The Labute approximate surface area is 234 Å². The first-order valence-electron chi connectivity index (χ1n) is 13.5. The Kier molecular flexibility index (Phi) is 5.75. The van der Waals surface area contributed by atoms with Crippen molar-refractivity contribution in [2.24, 2.45) is 0 Å². The minimum Gasteiger partial charge on any atom is -0.457 e. The van der Waals surface area contributed by atoms with E-state index in [1.807, 2.05) is 60.7 Å². The molecule has 2 heterocycles. The van der Waals surface area contributed by atoms with Crippen molar-refractivity contribution in [3.8, 4) is 56.8 Å². The summed E-state index contributed by atoms with van der Waals surface area (Å²) in [5.41, 5.74) is 7.06. The Hall–Kier alpha value is -5.09. The number of hydrogen-bond donors (Lipinski definition) is 0. The van der Waals surface area contributed by atoms with E-state index in [-0.39, 0.29) is 5.41 Å². The van der Waals surface area contributed by atoms with E-state index >= 15 is 0 Å². The van der Waals surface area contributed by atoms with Crippen molar-refractivity contribution in [1.82, 2.24) is 15.0 Å². The van der Waals surface area contributed by atoms with Crippen LogP contribution in [0.15, 0.2) is 127 Å². The molecule has 0 unspecified atom stereocenters. The summed E-state index contributed by atoms with van der Waals surface area (Å²) in [6.07, 6.45) is 0. The van der Waals surface area contributed by atoms with Crippen molar-refractivity contribution in [2.45, 2.75) is 19.3 Å². The van der Waals surface area contributed by atoms with Crippen LogP contribution < -0.4 is 4.74 Å². The van der Waals surface area contributed by atoms with Gasteiger partial charge >= 0.3 is 0 Å². The van der Waals surface area contributed by atoms with Crippen molar-refractivity contribution >= 4 is 0 Å². The van der Waals surface area contributed by atoms with E-state index in [0.717, 1.165) is 44.9 Å². The van der Waals surface area contributed by atoms with E-state index in [1.54, 1.807) is 0 Å². The first-order chi connectivity index (χ1) is 19.6. The number of para-hydroxylation sites is 1. The van der Waals surface area contributed by atoms with Gasteiger partial charge < -0.3 is 4.74 Å². The van der Waals surface area contributed by atoms with E-state index in [4.69, 9.17) is 19.7 Å². The highest BCUT2D eigenvalue weighted by atomic mass is 16.5. The zero-order valence-corrected chi connectivity index (χ0v) is 22.4. The standard InChI is InChI=1S/C36H27N3O/c1-36(2)29-17-9-10-18-30(29)40-31-19-11-16-28(32(31)36)35-38-33(26-14-7-4-8-15-26)37-34(39-35)27-22-20-25(21-23-27)24-12-5-3-6-13-24/h3-23H,1-2H3. The van der Waals surface area contributed by atoms with Gasteiger partial charge in [-0.25, -0.2) is 15.0 Å². The summed E-state index contributed by atoms with van der Waals surface area (Å²) >= 11 is 0. The van der Waals surface area contributed by atoms with Gasteiger partial charge in [0.05, 0.1) is 0 Å². The van der Waals surface area contributed by atoms with Crippen LogP contribution in [-0.2, 0) is 5.41 Å². The lowest BCUT2D eigenvalue weighted by Crippen LogP contribution is -2.25. The molecule has 1 aliphatic heterocycles. The van der Waals surface area contributed by atoms with Crippen LogP contribution in [0, 0.1) is 0 Å². The molecule has 0 atom stereocenters. The lowest BCUT2D eigenvalue weighted by Gasteiger charge is -2.35. The van der Waals surface area contributed by atoms with Crippen molar-refractivity contribution in [3.63, 3.8) is 0 Å². The third kappa shape index (κ3) is 4.15. The Morgan fingerprint density at radius 3 is 1.65 bits per heavy atom. The van der Waals surface area contributed by atoms with Gasteiger partial charge in [-0.3, -0.25) is 0 Å². The fourth-order valence-electron chi connectivity index (χ4n) is 5.56. The van der Waals surface area contributed by atoms with Gasteiger partial charge in [-0.1, -0.05) is 129 Å². The molecule has 192 valence electrons. The third-order valence-electron chi connectivity index (χ3n) is 7.59. The van der Waals surface area contributed by atoms with Crippen LogP contribution in [0.25, 0.3) is 45.3 Å². The summed E-state index contributed by atoms with van der Waals surface area (Å²) in [6, 6.07) is 43.2. The van der Waals surface area contributed by atoms with Crippen LogP contribution >= 0.6 is 0 Å². The Bertz CT molecular complexity index is 1830. The molecule has 7 rings (SSSR count). The molecule has 0 amide bonds. The summed E-state index contributed by atoms with van der Waals surface area (Å²) < 4.78 is 6.39. The van der Waals surface area contributed by atoms with Gasteiger partial charge in [0, 0.05) is 33.2 Å².